The summed E-state index contributed by atoms with van der Waals surface area (Å²) in [4.78, 5) is 28.6. The summed E-state index contributed by atoms with van der Waals surface area (Å²) in [6, 6.07) is 6.93. The molecular formula is C16H17N5O3S. The molecule has 4 rings (SSSR count). The molecule has 1 aliphatic rings. The number of rotatable bonds is 5. The fourth-order valence-electron chi connectivity index (χ4n) is 2.88. The van der Waals surface area contributed by atoms with Crippen LogP contribution in [0.1, 0.15) is 18.5 Å². The van der Waals surface area contributed by atoms with Crippen LogP contribution in [-0.2, 0) is 17.0 Å². The first-order chi connectivity index (χ1) is 12.2. The topological polar surface area (TPSA) is 94.3 Å². The van der Waals surface area contributed by atoms with Crippen molar-refractivity contribution in [3.8, 4) is 0 Å². The first kappa shape index (κ1) is 16.1. The third kappa shape index (κ3) is 3.38. The Labute approximate surface area is 146 Å². The molecule has 8 nitrogen and oxygen atoms in total. The summed E-state index contributed by atoms with van der Waals surface area (Å²) in [5.74, 6) is 0.455. The van der Waals surface area contributed by atoms with Crippen LogP contribution in [0.25, 0.3) is 5.65 Å². The monoisotopic (exact) mass is 359 g/mol. The molecule has 0 bridgehead atoms. The molecule has 1 fully saturated rings. The number of hydrogen-bond donors (Lipinski definition) is 1. The van der Waals surface area contributed by atoms with Gasteiger partial charge in [-0.2, -0.15) is 0 Å². The van der Waals surface area contributed by atoms with E-state index in [4.69, 9.17) is 4.74 Å². The lowest BCUT2D eigenvalue weighted by molar-refractivity contribution is 0.0941. The van der Waals surface area contributed by atoms with Crippen LogP contribution in [0.2, 0.25) is 0 Å². The van der Waals surface area contributed by atoms with Crippen LogP contribution in [0.15, 0.2) is 45.2 Å². The third-order valence-corrected chi connectivity index (χ3v) is 5.12. The molecule has 0 aliphatic carbocycles. The van der Waals surface area contributed by atoms with Gasteiger partial charge < -0.3 is 4.74 Å². The van der Waals surface area contributed by atoms with Gasteiger partial charge in [-0.15, -0.1) is 5.10 Å². The average Bonchev–Trinajstić information content (AvgIpc) is 3.25. The molecular weight excluding hydrogens is 342 g/mol. The predicted octanol–water partition coefficient (Wildman–Crippen LogP) is 1.05. The highest BCUT2D eigenvalue weighted by atomic mass is 32.2. The molecule has 0 saturated carbocycles. The summed E-state index contributed by atoms with van der Waals surface area (Å²) >= 11 is 1.38. The first-order valence-corrected chi connectivity index (χ1v) is 9.06. The number of hydrogen-bond acceptors (Lipinski definition) is 6. The van der Waals surface area contributed by atoms with Gasteiger partial charge >= 0.3 is 5.69 Å². The fourth-order valence-corrected chi connectivity index (χ4v) is 3.73. The van der Waals surface area contributed by atoms with Crippen molar-refractivity contribution in [1.29, 1.82) is 0 Å². The van der Waals surface area contributed by atoms with E-state index in [0.29, 0.717) is 28.8 Å². The van der Waals surface area contributed by atoms with Crippen LogP contribution >= 0.6 is 11.8 Å². The van der Waals surface area contributed by atoms with Gasteiger partial charge in [0.1, 0.15) is 5.65 Å². The van der Waals surface area contributed by atoms with E-state index in [1.807, 2.05) is 6.07 Å². The van der Waals surface area contributed by atoms with Gasteiger partial charge in [-0.25, -0.2) is 14.9 Å². The van der Waals surface area contributed by atoms with Crippen LogP contribution in [0.3, 0.4) is 0 Å². The largest absolute Gasteiger partial charge is 0.376 e. The maximum Gasteiger partial charge on any atom is 0.344 e. The average molecular weight is 359 g/mol. The minimum Gasteiger partial charge on any atom is -0.376 e. The Balaban J connectivity index is 1.53. The number of ether oxygens (including phenoxy) is 1. The Morgan fingerprint density at radius 2 is 2.28 bits per heavy atom. The van der Waals surface area contributed by atoms with Gasteiger partial charge in [0.05, 0.1) is 18.3 Å². The van der Waals surface area contributed by atoms with E-state index in [1.54, 1.807) is 22.9 Å². The summed E-state index contributed by atoms with van der Waals surface area (Å²) in [5.41, 5.74) is 0.884. The van der Waals surface area contributed by atoms with Crippen LogP contribution in [0.4, 0.5) is 0 Å². The Bertz CT molecular complexity index is 1000. The number of nitrogens with zero attached hydrogens (tertiary/aromatic N) is 4. The quantitative estimate of drug-likeness (QED) is 0.685. The van der Waals surface area contributed by atoms with E-state index in [0.717, 1.165) is 19.4 Å². The molecule has 1 atom stereocenters. The second kappa shape index (κ2) is 6.85. The van der Waals surface area contributed by atoms with Gasteiger partial charge in [0, 0.05) is 24.6 Å². The summed E-state index contributed by atoms with van der Waals surface area (Å²) in [6.07, 6.45) is 3.71. The molecule has 1 unspecified atom stereocenters. The maximum atomic E-state index is 12.1. The van der Waals surface area contributed by atoms with Crippen molar-refractivity contribution in [3.05, 3.63) is 57.0 Å². The highest BCUT2D eigenvalue weighted by molar-refractivity contribution is 7.98. The zero-order valence-electron chi connectivity index (χ0n) is 13.4. The molecule has 0 amide bonds. The van der Waals surface area contributed by atoms with Crippen LogP contribution < -0.4 is 11.2 Å². The Kier molecular flexibility index (Phi) is 4.41. The van der Waals surface area contributed by atoms with Gasteiger partial charge in [-0.3, -0.25) is 13.8 Å². The molecule has 0 aromatic carbocycles. The third-order valence-electron chi connectivity index (χ3n) is 4.11. The van der Waals surface area contributed by atoms with Crippen molar-refractivity contribution in [2.45, 2.75) is 36.4 Å². The number of aromatic amines is 1. The number of thioether (sulfide) groups is 1. The van der Waals surface area contributed by atoms with Gasteiger partial charge in [-0.1, -0.05) is 17.8 Å². The van der Waals surface area contributed by atoms with E-state index in [1.165, 1.54) is 22.2 Å². The van der Waals surface area contributed by atoms with E-state index in [2.05, 4.69) is 15.2 Å². The number of aromatic nitrogens is 5. The molecule has 1 N–H and O–H groups in total. The molecule has 0 radical (unpaired) electrons. The van der Waals surface area contributed by atoms with Gasteiger partial charge in [0.2, 0.25) is 0 Å². The van der Waals surface area contributed by atoms with Crippen LogP contribution in [0.5, 0.6) is 0 Å². The highest BCUT2D eigenvalue weighted by Crippen LogP contribution is 2.20. The molecule has 1 saturated heterocycles. The van der Waals surface area contributed by atoms with Crippen LogP contribution in [0, 0.1) is 0 Å². The van der Waals surface area contributed by atoms with Gasteiger partial charge in [0.15, 0.2) is 5.16 Å². The Morgan fingerprint density at radius 3 is 3.12 bits per heavy atom. The van der Waals surface area contributed by atoms with Crippen molar-refractivity contribution < 1.29 is 4.74 Å². The number of H-pyrrole nitrogens is 1. The molecule has 3 aromatic rings. The fraction of sp³-hybridized carbons (Fsp3) is 0.375. The Morgan fingerprint density at radius 1 is 1.36 bits per heavy atom. The lowest BCUT2D eigenvalue weighted by Crippen LogP contribution is -2.25. The maximum absolute atomic E-state index is 12.1. The summed E-state index contributed by atoms with van der Waals surface area (Å²) in [7, 11) is 0. The normalized spacial score (nSPS) is 17.4. The van der Waals surface area contributed by atoms with Crippen molar-refractivity contribution in [2.24, 2.45) is 0 Å². The first-order valence-electron chi connectivity index (χ1n) is 8.07. The minimum atomic E-state index is -0.246. The summed E-state index contributed by atoms with van der Waals surface area (Å²) < 4.78 is 8.68. The van der Waals surface area contributed by atoms with Crippen molar-refractivity contribution in [1.82, 2.24) is 24.1 Å². The zero-order chi connectivity index (χ0) is 17.2. The van der Waals surface area contributed by atoms with Gasteiger partial charge in [-0.05, 0) is 25.0 Å². The van der Waals surface area contributed by atoms with E-state index in [-0.39, 0.29) is 17.4 Å². The standard InChI is InChI=1S/C16H17N5O3S/c22-14-8-11(17-13-5-1-2-6-20(13)14)10-25-16-19-18-15(23)21(16)9-12-4-3-7-24-12/h1-2,5-6,8,12H,3-4,7,9-10H2,(H,18,23). The Hall–Kier alpha value is -2.39. The summed E-state index contributed by atoms with van der Waals surface area (Å²) in [5, 5.41) is 7.14. The predicted molar refractivity (Wildman–Crippen MR) is 92.8 cm³/mol. The molecule has 1 aliphatic heterocycles. The summed E-state index contributed by atoms with van der Waals surface area (Å²) in [6.45, 7) is 1.23. The molecule has 4 heterocycles. The molecule has 0 spiro atoms. The second-order valence-electron chi connectivity index (χ2n) is 5.86. The lowest BCUT2D eigenvalue weighted by atomic mass is 10.2. The lowest BCUT2D eigenvalue weighted by Gasteiger charge is -2.11. The van der Waals surface area contributed by atoms with Crippen molar-refractivity contribution in [3.63, 3.8) is 0 Å². The number of pyridine rings is 1. The van der Waals surface area contributed by atoms with E-state index in [9.17, 15) is 9.59 Å². The number of nitrogens with one attached hydrogen (secondary N) is 1. The van der Waals surface area contributed by atoms with Crippen molar-refractivity contribution >= 4 is 17.4 Å². The van der Waals surface area contributed by atoms with E-state index < -0.39 is 0 Å². The highest BCUT2D eigenvalue weighted by Gasteiger charge is 2.19. The smallest absolute Gasteiger partial charge is 0.344 e. The second-order valence-corrected chi connectivity index (χ2v) is 6.80. The molecule has 3 aromatic heterocycles. The molecule has 25 heavy (non-hydrogen) atoms. The SMILES string of the molecule is O=c1[nH]nc(SCc2cc(=O)n3ccccc3n2)n1CC1CCCO1. The molecule has 130 valence electrons. The molecule has 9 heteroatoms. The van der Waals surface area contributed by atoms with Gasteiger partial charge in [0.25, 0.3) is 5.56 Å². The van der Waals surface area contributed by atoms with E-state index >= 15 is 0 Å². The zero-order valence-corrected chi connectivity index (χ0v) is 14.2. The van der Waals surface area contributed by atoms with Crippen molar-refractivity contribution in [2.75, 3.05) is 6.61 Å². The number of fused-ring (bicyclic) bond motifs is 1. The minimum absolute atomic E-state index is 0.0538. The van der Waals surface area contributed by atoms with Crippen LogP contribution in [-0.4, -0.2) is 36.9 Å².